The number of thioether (sulfide) groups is 1. The minimum atomic E-state index is -0.317. The van der Waals surface area contributed by atoms with E-state index in [-0.39, 0.29) is 17.6 Å². The van der Waals surface area contributed by atoms with Crippen molar-refractivity contribution in [3.05, 3.63) is 21.7 Å². The zero-order valence-corrected chi connectivity index (χ0v) is 11.4. The van der Waals surface area contributed by atoms with Crippen molar-refractivity contribution in [2.24, 2.45) is 0 Å². The lowest BCUT2D eigenvalue weighted by Gasteiger charge is -2.09. The second-order valence-electron chi connectivity index (χ2n) is 4.67. The van der Waals surface area contributed by atoms with Crippen LogP contribution >= 0.6 is 11.8 Å². The lowest BCUT2D eigenvalue weighted by atomic mass is 10.3. The fourth-order valence-corrected chi connectivity index (χ4v) is 2.95. The van der Waals surface area contributed by atoms with Gasteiger partial charge < -0.3 is 10.3 Å². The summed E-state index contributed by atoms with van der Waals surface area (Å²) in [5.41, 5.74) is 1.78. The van der Waals surface area contributed by atoms with E-state index in [2.05, 4.69) is 15.3 Å². The molecule has 98 valence electrons. The zero-order chi connectivity index (χ0) is 13.1. The first-order chi connectivity index (χ1) is 8.56. The standard InChI is InChI=1S/C12H17N3O2S/c1-7(2)13-10(16)6-18-11-8-4-3-5-9(8)14-12(17)15-11/h7H,3-6H2,1-2H3,(H,13,16)(H,14,15,17). The highest BCUT2D eigenvalue weighted by atomic mass is 32.2. The third kappa shape index (κ3) is 3.13. The van der Waals surface area contributed by atoms with Gasteiger partial charge in [0, 0.05) is 17.3 Å². The Hall–Kier alpha value is -1.30. The number of rotatable bonds is 4. The number of carbonyl (C=O) groups is 1. The van der Waals surface area contributed by atoms with Gasteiger partial charge in [-0.2, -0.15) is 4.98 Å². The molecule has 5 nitrogen and oxygen atoms in total. The Morgan fingerprint density at radius 2 is 2.28 bits per heavy atom. The van der Waals surface area contributed by atoms with Crippen LogP contribution in [0, 0.1) is 0 Å². The molecule has 1 aromatic rings. The maximum atomic E-state index is 11.6. The van der Waals surface area contributed by atoms with Gasteiger partial charge in [0.15, 0.2) is 0 Å². The number of fused-ring (bicyclic) bond motifs is 1. The van der Waals surface area contributed by atoms with E-state index in [0.29, 0.717) is 10.8 Å². The number of hydrogen-bond donors (Lipinski definition) is 2. The molecular formula is C12H17N3O2S. The molecule has 0 atom stereocenters. The minimum Gasteiger partial charge on any atom is -0.353 e. The van der Waals surface area contributed by atoms with Crippen molar-refractivity contribution in [2.45, 2.75) is 44.2 Å². The van der Waals surface area contributed by atoms with Crippen molar-refractivity contribution < 1.29 is 4.79 Å². The molecule has 18 heavy (non-hydrogen) atoms. The summed E-state index contributed by atoms with van der Waals surface area (Å²) in [6, 6.07) is 0.135. The number of nitrogens with one attached hydrogen (secondary N) is 2. The minimum absolute atomic E-state index is 0.0242. The summed E-state index contributed by atoms with van der Waals surface area (Å²) in [7, 11) is 0. The third-order valence-corrected chi connectivity index (χ3v) is 3.74. The highest BCUT2D eigenvalue weighted by molar-refractivity contribution is 7.99. The summed E-state index contributed by atoms with van der Waals surface area (Å²) in [5.74, 6) is 0.282. The van der Waals surface area contributed by atoms with Gasteiger partial charge in [-0.15, -0.1) is 0 Å². The molecule has 0 fully saturated rings. The van der Waals surface area contributed by atoms with Gasteiger partial charge in [-0.3, -0.25) is 4.79 Å². The van der Waals surface area contributed by atoms with Gasteiger partial charge in [0.05, 0.1) is 5.75 Å². The van der Waals surface area contributed by atoms with Crippen LogP contribution in [0.25, 0.3) is 0 Å². The summed E-state index contributed by atoms with van der Waals surface area (Å²) in [6.45, 7) is 3.84. The molecule has 6 heteroatoms. The predicted octanol–water partition coefficient (Wildman–Crippen LogP) is 0.875. The average molecular weight is 267 g/mol. The average Bonchev–Trinajstić information content (AvgIpc) is 2.72. The monoisotopic (exact) mass is 267 g/mol. The number of H-pyrrole nitrogens is 1. The molecule has 1 aliphatic rings. The van der Waals surface area contributed by atoms with Crippen LogP contribution in [-0.2, 0) is 17.6 Å². The summed E-state index contributed by atoms with van der Waals surface area (Å²) in [6.07, 6.45) is 2.88. The molecule has 1 amide bonds. The third-order valence-electron chi connectivity index (χ3n) is 2.73. The van der Waals surface area contributed by atoms with E-state index >= 15 is 0 Å². The summed E-state index contributed by atoms with van der Waals surface area (Å²) in [4.78, 5) is 29.7. The van der Waals surface area contributed by atoms with Crippen LogP contribution in [0.3, 0.4) is 0 Å². The number of carbonyl (C=O) groups excluding carboxylic acids is 1. The maximum Gasteiger partial charge on any atom is 0.346 e. The molecule has 0 radical (unpaired) electrons. The molecule has 2 N–H and O–H groups in total. The van der Waals surface area contributed by atoms with Crippen molar-refractivity contribution in [3.63, 3.8) is 0 Å². The predicted molar refractivity (Wildman–Crippen MR) is 70.9 cm³/mol. The molecular weight excluding hydrogens is 250 g/mol. The van der Waals surface area contributed by atoms with Crippen molar-refractivity contribution in [2.75, 3.05) is 5.75 Å². The Morgan fingerprint density at radius 1 is 1.50 bits per heavy atom. The van der Waals surface area contributed by atoms with Crippen molar-refractivity contribution >= 4 is 17.7 Å². The summed E-state index contributed by atoms with van der Waals surface area (Å²) >= 11 is 1.35. The molecule has 1 aliphatic carbocycles. The van der Waals surface area contributed by atoms with E-state index in [1.54, 1.807) is 0 Å². The SMILES string of the molecule is CC(C)NC(=O)CSc1nc(=O)[nH]c2c1CCC2. The van der Waals surface area contributed by atoms with Crippen LogP contribution in [0.5, 0.6) is 0 Å². The van der Waals surface area contributed by atoms with E-state index in [9.17, 15) is 9.59 Å². The number of nitrogens with zero attached hydrogens (tertiary/aromatic N) is 1. The van der Waals surface area contributed by atoms with E-state index in [4.69, 9.17) is 0 Å². The van der Waals surface area contributed by atoms with Crippen molar-refractivity contribution in [3.8, 4) is 0 Å². The van der Waals surface area contributed by atoms with Crippen LogP contribution in [-0.4, -0.2) is 27.7 Å². The molecule has 0 unspecified atom stereocenters. The van der Waals surface area contributed by atoms with Gasteiger partial charge in [0.25, 0.3) is 0 Å². The molecule has 1 aromatic heterocycles. The van der Waals surface area contributed by atoms with Gasteiger partial charge in [-0.05, 0) is 33.1 Å². The molecule has 0 aromatic carbocycles. The molecule has 1 heterocycles. The smallest absolute Gasteiger partial charge is 0.346 e. The largest absolute Gasteiger partial charge is 0.353 e. The fourth-order valence-electron chi connectivity index (χ4n) is 2.05. The molecule has 0 saturated heterocycles. The molecule has 0 aliphatic heterocycles. The Kier molecular flexibility index (Phi) is 4.06. The first-order valence-corrected chi connectivity index (χ1v) is 7.09. The van der Waals surface area contributed by atoms with Crippen LogP contribution in [0.4, 0.5) is 0 Å². The van der Waals surface area contributed by atoms with Crippen LogP contribution in [0.15, 0.2) is 9.82 Å². The zero-order valence-electron chi connectivity index (χ0n) is 10.6. The molecule has 2 rings (SSSR count). The van der Waals surface area contributed by atoms with Crippen molar-refractivity contribution in [1.29, 1.82) is 0 Å². The highest BCUT2D eigenvalue weighted by Crippen LogP contribution is 2.27. The second kappa shape index (κ2) is 5.56. The number of amides is 1. The van der Waals surface area contributed by atoms with Crippen LogP contribution in [0.1, 0.15) is 31.5 Å². The van der Waals surface area contributed by atoms with E-state index in [1.807, 2.05) is 13.8 Å². The van der Waals surface area contributed by atoms with Gasteiger partial charge in [0.1, 0.15) is 5.03 Å². The van der Waals surface area contributed by atoms with Crippen LogP contribution < -0.4 is 11.0 Å². The number of aromatic nitrogens is 2. The molecule has 0 bridgehead atoms. The Morgan fingerprint density at radius 3 is 3.00 bits per heavy atom. The van der Waals surface area contributed by atoms with E-state index < -0.39 is 0 Å². The first kappa shape index (κ1) is 13.1. The lowest BCUT2D eigenvalue weighted by Crippen LogP contribution is -2.31. The highest BCUT2D eigenvalue weighted by Gasteiger charge is 2.18. The number of hydrogen-bond acceptors (Lipinski definition) is 4. The first-order valence-electron chi connectivity index (χ1n) is 6.10. The normalized spacial score (nSPS) is 13.7. The fraction of sp³-hybridized carbons (Fsp3) is 0.583. The summed E-state index contributed by atoms with van der Waals surface area (Å²) in [5, 5.41) is 3.53. The Labute approximate surface area is 110 Å². The second-order valence-corrected chi connectivity index (χ2v) is 5.63. The van der Waals surface area contributed by atoms with E-state index in [1.165, 1.54) is 11.8 Å². The van der Waals surface area contributed by atoms with Gasteiger partial charge in [0.2, 0.25) is 5.91 Å². The maximum absolute atomic E-state index is 11.6. The lowest BCUT2D eigenvalue weighted by molar-refractivity contribution is -0.119. The van der Waals surface area contributed by atoms with E-state index in [0.717, 1.165) is 30.5 Å². The van der Waals surface area contributed by atoms with Gasteiger partial charge in [-0.1, -0.05) is 11.8 Å². The van der Waals surface area contributed by atoms with Crippen LogP contribution in [0.2, 0.25) is 0 Å². The molecule has 0 saturated carbocycles. The van der Waals surface area contributed by atoms with Gasteiger partial charge in [-0.25, -0.2) is 4.79 Å². The Bertz CT molecular complexity index is 511. The topological polar surface area (TPSA) is 74.8 Å². The Balaban J connectivity index is 2.06. The van der Waals surface area contributed by atoms with Crippen molar-refractivity contribution in [1.82, 2.24) is 15.3 Å². The quantitative estimate of drug-likeness (QED) is 0.627. The molecule has 0 spiro atoms. The summed E-state index contributed by atoms with van der Waals surface area (Å²) < 4.78 is 0. The number of aromatic amines is 1. The number of aryl methyl sites for hydroxylation is 1. The van der Waals surface area contributed by atoms with Gasteiger partial charge >= 0.3 is 5.69 Å².